The van der Waals surface area contributed by atoms with Gasteiger partial charge in [-0.3, -0.25) is 4.79 Å². The van der Waals surface area contributed by atoms with Crippen molar-refractivity contribution >= 4 is 5.78 Å². The zero-order valence-electron chi connectivity index (χ0n) is 10.7. The molecule has 1 aromatic carbocycles. The summed E-state index contributed by atoms with van der Waals surface area (Å²) < 4.78 is 13.2. The third-order valence-corrected chi connectivity index (χ3v) is 3.94. The van der Waals surface area contributed by atoms with Gasteiger partial charge in [-0.25, -0.2) is 4.39 Å². The van der Waals surface area contributed by atoms with Crippen molar-refractivity contribution in [1.29, 1.82) is 0 Å². The summed E-state index contributed by atoms with van der Waals surface area (Å²) >= 11 is 0. The first kappa shape index (κ1) is 12.3. The third-order valence-electron chi connectivity index (χ3n) is 3.94. The van der Waals surface area contributed by atoms with Crippen LogP contribution in [0.5, 0.6) is 0 Å². The molecule has 0 radical (unpaired) electrons. The Morgan fingerprint density at radius 3 is 2.29 bits per heavy atom. The second-order valence-corrected chi connectivity index (χ2v) is 5.29. The maximum atomic E-state index is 13.2. The van der Waals surface area contributed by atoms with E-state index in [1.807, 2.05) is 13.8 Å². The van der Waals surface area contributed by atoms with Gasteiger partial charge < -0.3 is 0 Å². The molecule has 0 heterocycles. The summed E-state index contributed by atoms with van der Waals surface area (Å²) in [6, 6.07) is 2.92. The molecule has 2 unspecified atom stereocenters. The van der Waals surface area contributed by atoms with Gasteiger partial charge in [-0.1, -0.05) is 13.3 Å². The van der Waals surface area contributed by atoms with E-state index < -0.39 is 0 Å². The summed E-state index contributed by atoms with van der Waals surface area (Å²) in [4.78, 5) is 12.5. The molecule has 0 bridgehead atoms. The predicted molar refractivity (Wildman–Crippen MR) is 66.7 cm³/mol. The van der Waals surface area contributed by atoms with Gasteiger partial charge in [-0.15, -0.1) is 0 Å². The van der Waals surface area contributed by atoms with Crippen LogP contribution >= 0.6 is 0 Å². The molecule has 0 aromatic heterocycles. The Hall–Kier alpha value is -1.18. The lowest BCUT2D eigenvalue weighted by Crippen LogP contribution is -2.19. The Morgan fingerprint density at radius 2 is 1.82 bits per heavy atom. The number of halogens is 1. The van der Waals surface area contributed by atoms with E-state index in [0.29, 0.717) is 5.92 Å². The molecule has 2 rings (SSSR count). The molecule has 0 aliphatic heterocycles. The third kappa shape index (κ3) is 2.26. The first-order valence-corrected chi connectivity index (χ1v) is 6.31. The molecular formula is C15H19FO. The van der Waals surface area contributed by atoms with Gasteiger partial charge in [-0.05, 0) is 55.9 Å². The van der Waals surface area contributed by atoms with Crippen molar-refractivity contribution in [3.63, 3.8) is 0 Å². The van der Waals surface area contributed by atoms with E-state index in [9.17, 15) is 9.18 Å². The van der Waals surface area contributed by atoms with Gasteiger partial charge in [0.15, 0.2) is 5.78 Å². The largest absolute Gasteiger partial charge is 0.294 e. The minimum absolute atomic E-state index is 0.137. The lowest BCUT2D eigenvalue weighted by atomic mass is 9.86. The van der Waals surface area contributed by atoms with Crippen molar-refractivity contribution in [3.05, 3.63) is 34.6 Å². The van der Waals surface area contributed by atoms with Crippen LogP contribution in [0.4, 0.5) is 4.39 Å². The van der Waals surface area contributed by atoms with E-state index in [0.717, 1.165) is 36.0 Å². The summed E-state index contributed by atoms with van der Waals surface area (Å²) in [6.45, 7) is 5.79. The monoisotopic (exact) mass is 234 g/mol. The molecule has 0 N–H and O–H groups in total. The Morgan fingerprint density at radius 1 is 1.24 bits per heavy atom. The highest BCUT2D eigenvalue weighted by Gasteiger charge is 2.31. The zero-order valence-corrected chi connectivity index (χ0v) is 10.7. The Bertz CT molecular complexity index is 427. The number of rotatable bonds is 2. The molecule has 0 spiro atoms. The molecule has 2 atom stereocenters. The fourth-order valence-electron chi connectivity index (χ4n) is 3.02. The fraction of sp³-hybridized carbons (Fsp3) is 0.533. The standard InChI is InChI=1S/C15H19FO/c1-9-5-4-6-13(9)15(17)14-10(2)7-12(16)8-11(14)3/h7-9,13H,4-6H2,1-3H3. The second kappa shape index (κ2) is 4.59. The van der Waals surface area contributed by atoms with E-state index in [1.54, 1.807) is 0 Å². The van der Waals surface area contributed by atoms with Crippen LogP contribution in [-0.2, 0) is 0 Å². The zero-order chi connectivity index (χ0) is 12.6. The summed E-state index contributed by atoms with van der Waals surface area (Å²) in [5.74, 6) is 0.560. The van der Waals surface area contributed by atoms with Crippen LogP contribution in [0.2, 0.25) is 0 Å². The van der Waals surface area contributed by atoms with Gasteiger partial charge in [0, 0.05) is 11.5 Å². The number of benzene rings is 1. The highest BCUT2D eigenvalue weighted by atomic mass is 19.1. The predicted octanol–water partition coefficient (Wildman–Crippen LogP) is 4.06. The van der Waals surface area contributed by atoms with Crippen LogP contribution in [0.25, 0.3) is 0 Å². The van der Waals surface area contributed by atoms with Crippen LogP contribution in [0.1, 0.15) is 47.7 Å². The minimum atomic E-state index is -0.254. The average Bonchev–Trinajstić information content (AvgIpc) is 2.62. The van der Waals surface area contributed by atoms with Crippen LogP contribution in [0, 0.1) is 31.5 Å². The van der Waals surface area contributed by atoms with Gasteiger partial charge in [0.2, 0.25) is 0 Å². The maximum absolute atomic E-state index is 13.2. The molecule has 1 aromatic rings. The van der Waals surface area contributed by atoms with Gasteiger partial charge in [0.1, 0.15) is 5.82 Å². The first-order chi connectivity index (χ1) is 8.00. The van der Waals surface area contributed by atoms with Crippen molar-refractivity contribution in [3.8, 4) is 0 Å². The van der Waals surface area contributed by atoms with Crippen molar-refractivity contribution in [2.75, 3.05) is 0 Å². The lowest BCUT2D eigenvalue weighted by molar-refractivity contribution is 0.0896. The maximum Gasteiger partial charge on any atom is 0.166 e. The van der Waals surface area contributed by atoms with Crippen molar-refractivity contribution in [2.45, 2.75) is 40.0 Å². The second-order valence-electron chi connectivity index (χ2n) is 5.29. The number of aryl methyl sites for hydroxylation is 2. The van der Waals surface area contributed by atoms with E-state index in [-0.39, 0.29) is 17.5 Å². The summed E-state index contributed by atoms with van der Waals surface area (Å²) in [5, 5.41) is 0. The number of Topliss-reactive ketones (excluding diaryl/α,β-unsaturated/α-hetero) is 1. The van der Waals surface area contributed by atoms with Crippen molar-refractivity contribution in [2.24, 2.45) is 11.8 Å². The fourth-order valence-corrected chi connectivity index (χ4v) is 3.02. The molecule has 1 aliphatic carbocycles. The highest BCUT2D eigenvalue weighted by Crippen LogP contribution is 2.35. The highest BCUT2D eigenvalue weighted by molar-refractivity contribution is 6.00. The molecular weight excluding hydrogens is 215 g/mol. The number of carbonyl (C=O) groups excluding carboxylic acids is 1. The summed E-state index contributed by atoms with van der Waals surface area (Å²) in [6.07, 6.45) is 3.25. The number of hydrogen-bond donors (Lipinski definition) is 0. The molecule has 92 valence electrons. The van der Waals surface area contributed by atoms with E-state index in [1.165, 1.54) is 12.1 Å². The van der Waals surface area contributed by atoms with Gasteiger partial charge in [-0.2, -0.15) is 0 Å². The first-order valence-electron chi connectivity index (χ1n) is 6.31. The van der Waals surface area contributed by atoms with Crippen molar-refractivity contribution < 1.29 is 9.18 Å². The molecule has 0 amide bonds. The van der Waals surface area contributed by atoms with Crippen LogP contribution in [-0.4, -0.2) is 5.78 Å². The summed E-state index contributed by atoms with van der Waals surface area (Å²) in [7, 11) is 0. The van der Waals surface area contributed by atoms with E-state index >= 15 is 0 Å². The Balaban J connectivity index is 2.37. The molecule has 0 saturated heterocycles. The van der Waals surface area contributed by atoms with Crippen LogP contribution in [0.3, 0.4) is 0 Å². The van der Waals surface area contributed by atoms with E-state index in [2.05, 4.69) is 6.92 Å². The molecule has 1 saturated carbocycles. The number of hydrogen-bond acceptors (Lipinski definition) is 1. The van der Waals surface area contributed by atoms with Crippen LogP contribution < -0.4 is 0 Å². The van der Waals surface area contributed by atoms with Gasteiger partial charge in [0.05, 0.1) is 0 Å². The molecule has 17 heavy (non-hydrogen) atoms. The van der Waals surface area contributed by atoms with Gasteiger partial charge in [0.25, 0.3) is 0 Å². The number of carbonyl (C=O) groups is 1. The quantitative estimate of drug-likeness (QED) is 0.705. The normalized spacial score (nSPS) is 24.0. The Labute approximate surface area is 102 Å². The SMILES string of the molecule is Cc1cc(F)cc(C)c1C(=O)C1CCCC1C. The topological polar surface area (TPSA) is 17.1 Å². The van der Waals surface area contributed by atoms with E-state index in [4.69, 9.17) is 0 Å². The molecule has 1 fully saturated rings. The Kier molecular flexibility index (Phi) is 3.32. The van der Waals surface area contributed by atoms with Gasteiger partial charge >= 0.3 is 0 Å². The van der Waals surface area contributed by atoms with Crippen LogP contribution in [0.15, 0.2) is 12.1 Å². The average molecular weight is 234 g/mol. The smallest absolute Gasteiger partial charge is 0.166 e. The molecule has 1 nitrogen and oxygen atoms in total. The minimum Gasteiger partial charge on any atom is -0.294 e. The molecule has 1 aliphatic rings. The van der Waals surface area contributed by atoms with Crippen molar-refractivity contribution in [1.82, 2.24) is 0 Å². The number of ketones is 1. The summed E-state index contributed by atoms with van der Waals surface area (Å²) in [5.41, 5.74) is 2.28. The molecule has 2 heteroatoms. The lowest BCUT2D eigenvalue weighted by Gasteiger charge is -2.17.